The molecule has 1 aromatic rings. The Balaban J connectivity index is -0.0000000628. The molecule has 0 aliphatic carbocycles. The Morgan fingerprint density at radius 3 is 1.00 bits per heavy atom. The summed E-state index contributed by atoms with van der Waals surface area (Å²) < 4.78 is 0. The number of rotatable bonds is 2. The molecule has 0 nitrogen and oxygen atoms in total. The van der Waals surface area contributed by atoms with E-state index in [2.05, 4.69) is 13.2 Å². The first-order valence-corrected chi connectivity index (χ1v) is 7.22. The molecule has 0 fully saturated rings. The molecule has 0 unspecified atom stereocenters. The van der Waals surface area contributed by atoms with Crippen LogP contribution in [0.4, 0.5) is 0 Å². The average Bonchev–Trinajstić information content (AvgIpc) is 2.55. The fourth-order valence-electron chi connectivity index (χ4n) is 0.883. The molecule has 0 saturated heterocycles. The SMILES string of the molecule is C.C=Cc1ccccc1C=C.CC.CC.CC.CC. The van der Waals surface area contributed by atoms with Gasteiger partial charge in [0.25, 0.3) is 0 Å². The van der Waals surface area contributed by atoms with Crippen molar-refractivity contribution in [3.05, 3.63) is 48.6 Å². The third-order valence-electron chi connectivity index (χ3n) is 1.44. The van der Waals surface area contributed by atoms with Gasteiger partial charge in [0.2, 0.25) is 0 Å². The lowest BCUT2D eigenvalue weighted by atomic mass is 10.1. The van der Waals surface area contributed by atoms with E-state index in [0.29, 0.717) is 0 Å². The van der Waals surface area contributed by atoms with Gasteiger partial charge >= 0.3 is 0 Å². The Hall–Kier alpha value is -1.30. The van der Waals surface area contributed by atoms with Crippen molar-refractivity contribution in [2.75, 3.05) is 0 Å². The molecule has 0 spiro atoms. The molecule has 19 heavy (non-hydrogen) atoms. The van der Waals surface area contributed by atoms with Crippen LogP contribution in [-0.2, 0) is 0 Å². The summed E-state index contributed by atoms with van der Waals surface area (Å²) in [7, 11) is 0. The molecular weight excluding hydrogens is 228 g/mol. The number of hydrogen-bond donors (Lipinski definition) is 0. The van der Waals surface area contributed by atoms with Crippen LogP contribution < -0.4 is 0 Å². The highest BCUT2D eigenvalue weighted by atomic mass is 13.9. The predicted octanol–water partition coefficient (Wildman–Crippen LogP) is 7.71. The Morgan fingerprint density at radius 1 is 0.632 bits per heavy atom. The van der Waals surface area contributed by atoms with Gasteiger partial charge < -0.3 is 0 Å². The van der Waals surface area contributed by atoms with Crippen LogP contribution in [0.1, 0.15) is 73.9 Å². The molecule has 1 aromatic carbocycles. The van der Waals surface area contributed by atoms with Crippen molar-refractivity contribution in [1.82, 2.24) is 0 Å². The van der Waals surface area contributed by atoms with Crippen molar-refractivity contribution in [3.63, 3.8) is 0 Å². The van der Waals surface area contributed by atoms with Crippen molar-refractivity contribution < 1.29 is 0 Å². The van der Waals surface area contributed by atoms with Gasteiger partial charge in [-0.1, -0.05) is 112 Å². The molecular formula is C19H38. The monoisotopic (exact) mass is 266 g/mol. The van der Waals surface area contributed by atoms with Crippen molar-refractivity contribution in [2.45, 2.75) is 62.8 Å². The minimum absolute atomic E-state index is 0. The molecule has 0 aliphatic rings. The Labute approximate surface area is 124 Å². The van der Waals surface area contributed by atoms with Gasteiger partial charge in [-0.05, 0) is 11.1 Å². The minimum atomic E-state index is 0. The van der Waals surface area contributed by atoms with Crippen molar-refractivity contribution in [1.29, 1.82) is 0 Å². The average molecular weight is 267 g/mol. The molecule has 1 rings (SSSR count). The summed E-state index contributed by atoms with van der Waals surface area (Å²) in [5, 5.41) is 0. The van der Waals surface area contributed by atoms with E-state index in [-0.39, 0.29) is 7.43 Å². The normalized spacial score (nSPS) is 5.89. The zero-order chi connectivity index (χ0) is 15.4. The summed E-state index contributed by atoms with van der Waals surface area (Å²) in [4.78, 5) is 0. The van der Waals surface area contributed by atoms with Crippen LogP contribution in [0.3, 0.4) is 0 Å². The lowest BCUT2D eigenvalue weighted by Crippen LogP contribution is -1.76. The van der Waals surface area contributed by atoms with Crippen molar-refractivity contribution >= 4 is 12.2 Å². The summed E-state index contributed by atoms with van der Waals surface area (Å²) in [5.74, 6) is 0. The van der Waals surface area contributed by atoms with E-state index in [1.807, 2.05) is 91.8 Å². The lowest BCUT2D eigenvalue weighted by molar-refractivity contribution is 1.50. The predicted molar refractivity (Wildman–Crippen MR) is 98.7 cm³/mol. The quantitative estimate of drug-likeness (QED) is 0.514. The molecule has 0 saturated carbocycles. The van der Waals surface area contributed by atoms with E-state index in [9.17, 15) is 0 Å². The highest BCUT2D eigenvalue weighted by Gasteiger charge is 1.89. The van der Waals surface area contributed by atoms with Crippen LogP contribution in [0.15, 0.2) is 37.4 Å². The Kier molecular flexibility index (Phi) is 57.9. The van der Waals surface area contributed by atoms with Crippen LogP contribution in [-0.4, -0.2) is 0 Å². The van der Waals surface area contributed by atoms with E-state index >= 15 is 0 Å². The molecule has 0 atom stereocenters. The zero-order valence-corrected chi connectivity index (χ0v) is 13.9. The highest BCUT2D eigenvalue weighted by molar-refractivity contribution is 5.63. The van der Waals surface area contributed by atoms with Crippen LogP contribution in [0.2, 0.25) is 0 Å². The molecule has 114 valence electrons. The largest absolute Gasteiger partial charge is 0.0984 e. The Bertz CT molecular complexity index is 219. The topological polar surface area (TPSA) is 0 Å². The van der Waals surface area contributed by atoms with Gasteiger partial charge in [-0.3, -0.25) is 0 Å². The molecule has 0 aromatic heterocycles. The van der Waals surface area contributed by atoms with Crippen molar-refractivity contribution in [3.8, 4) is 0 Å². The molecule has 0 heteroatoms. The van der Waals surface area contributed by atoms with E-state index < -0.39 is 0 Å². The van der Waals surface area contributed by atoms with E-state index in [1.165, 1.54) is 0 Å². The van der Waals surface area contributed by atoms with Crippen LogP contribution in [0.25, 0.3) is 12.2 Å². The van der Waals surface area contributed by atoms with Gasteiger partial charge in [0.1, 0.15) is 0 Å². The third-order valence-corrected chi connectivity index (χ3v) is 1.44. The molecule has 0 amide bonds. The standard InChI is InChI=1S/C10H10.4C2H6.CH4/c1-3-9-7-5-6-8-10(9)4-2;4*1-2;/h3-8H,1-2H2;4*1-2H3;1H4. The molecule has 0 heterocycles. The summed E-state index contributed by atoms with van der Waals surface area (Å²) in [5.41, 5.74) is 2.27. The summed E-state index contributed by atoms with van der Waals surface area (Å²) >= 11 is 0. The highest BCUT2D eigenvalue weighted by Crippen LogP contribution is 2.10. The van der Waals surface area contributed by atoms with E-state index in [4.69, 9.17) is 0 Å². The van der Waals surface area contributed by atoms with Crippen molar-refractivity contribution in [2.24, 2.45) is 0 Å². The summed E-state index contributed by atoms with van der Waals surface area (Å²) in [6.45, 7) is 23.4. The number of benzene rings is 1. The fourth-order valence-corrected chi connectivity index (χ4v) is 0.883. The summed E-state index contributed by atoms with van der Waals surface area (Å²) in [6, 6.07) is 8.02. The lowest BCUT2D eigenvalue weighted by Gasteiger charge is -1.96. The second-order valence-electron chi connectivity index (χ2n) is 2.04. The van der Waals surface area contributed by atoms with Crippen LogP contribution in [0, 0.1) is 0 Å². The van der Waals surface area contributed by atoms with E-state index in [1.54, 1.807) is 0 Å². The van der Waals surface area contributed by atoms with Gasteiger partial charge in [0.15, 0.2) is 0 Å². The van der Waals surface area contributed by atoms with Gasteiger partial charge in [-0.2, -0.15) is 0 Å². The first-order chi connectivity index (χ1) is 8.88. The maximum Gasteiger partial charge on any atom is -0.0190 e. The molecule has 0 radical (unpaired) electrons. The first kappa shape index (κ1) is 30.6. The third kappa shape index (κ3) is 19.2. The summed E-state index contributed by atoms with van der Waals surface area (Å²) in [6.07, 6.45) is 3.66. The first-order valence-electron chi connectivity index (χ1n) is 7.22. The van der Waals surface area contributed by atoms with Gasteiger partial charge in [0.05, 0.1) is 0 Å². The van der Waals surface area contributed by atoms with E-state index in [0.717, 1.165) is 11.1 Å². The molecule has 0 bridgehead atoms. The maximum absolute atomic E-state index is 3.69. The van der Waals surface area contributed by atoms with Crippen LogP contribution in [0.5, 0.6) is 0 Å². The zero-order valence-electron chi connectivity index (χ0n) is 13.9. The second-order valence-corrected chi connectivity index (χ2v) is 2.04. The molecule has 0 aliphatic heterocycles. The maximum atomic E-state index is 3.69. The smallest absolute Gasteiger partial charge is 0.0190 e. The second kappa shape index (κ2) is 36.0. The minimum Gasteiger partial charge on any atom is -0.0984 e. The molecule has 0 N–H and O–H groups in total. The van der Waals surface area contributed by atoms with Crippen LogP contribution >= 0.6 is 0 Å². The number of hydrogen-bond acceptors (Lipinski definition) is 0. The fraction of sp³-hybridized carbons (Fsp3) is 0.474. The van der Waals surface area contributed by atoms with Gasteiger partial charge in [-0.15, -0.1) is 0 Å². The Morgan fingerprint density at radius 2 is 0.842 bits per heavy atom. The van der Waals surface area contributed by atoms with Gasteiger partial charge in [-0.25, -0.2) is 0 Å². The van der Waals surface area contributed by atoms with Gasteiger partial charge in [0, 0.05) is 0 Å².